The lowest BCUT2D eigenvalue weighted by Gasteiger charge is -2.27. The lowest BCUT2D eigenvalue weighted by Crippen LogP contribution is -2.49. The number of ether oxygens (including phenoxy) is 1. The molecule has 1 amide bonds. The molecule has 1 aromatic carbocycles. The molecule has 0 atom stereocenters. The van der Waals surface area contributed by atoms with Gasteiger partial charge in [0.1, 0.15) is 10.8 Å². The standard InChI is InChI=1S/C18H20BrClN4O4S/c1-18(2,3)28-17(25)24(29(26,27)13-7-5-4-6-8-13)16(21)23-11-12-9-14(19)15(20)22-10-12/h4-10H,11H2,1-3H3,(H2,21,23). The van der Waals surface area contributed by atoms with Gasteiger partial charge >= 0.3 is 6.09 Å². The van der Waals surface area contributed by atoms with Gasteiger partial charge < -0.3 is 10.1 Å². The predicted octanol–water partition coefficient (Wildman–Crippen LogP) is 4.15. The highest BCUT2D eigenvalue weighted by molar-refractivity contribution is 9.10. The quantitative estimate of drug-likeness (QED) is 0.368. The molecule has 1 heterocycles. The summed E-state index contributed by atoms with van der Waals surface area (Å²) in [6.07, 6.45) is 0.283. The number of benzene rings is 1. The summed E-state index contributed by atoms with van der Waals surface area (Å²) in [5.41, 5.74) is -0.334. The van der Waals surface area contributed by atoms with Gasteiger partial charge in [-0.05, 0) is 60.5 Å². The van der Waals surface area contributed by atoms with E-state index in [2.05, 4.69) is 26.2 Å². The maximum absolute atomic E-state index is 13.0. The molecule has 8 nitrogen and oxygen atoms in total. The summed E-state index contributed by atoms with van der Waals surface area (Å²) in [6.45, 7) is 4.84. The minimum absolute atomic E-state index is 0.0329. The summed E-state index contributed by atoms with van der Waals surface area (Å²) < 4.78 is 32.1. The van der Waals surface area contributed by atoms with E-state index in [1.165, 1.54) is 30.5 Å². The second kappa shape index (κ2) is 9.10. The second-order valence-electron chi connectivity index (χ2n) is 6.88. The van der Waals surface area contributed by atoms with Crippen molar-refractivity contribution in [2.75, 3.05) is 0 Å². The van der Waals surface area contributed by atoms with Gasteiger partial charge in [0.15, 0.2) is 0 Å². The summed E-state index contributed by atoms with van der Waals surface area (Å²) in [6, 6.07) is 9.02. The number of guanidine groups is 1. The van der Waals surface area contributed by atoms with Crippen LogP contribution in [0.25, 0.3) is 0 Å². The van der Waals surface area contributed by atoms with Crippen molar-refractivity contribution in [3.05, 3.63) is 57.8 Å². The van der Waals surface area contributed by atoms with E-state index in [4.69, 9.17) is 21.7 Å². The summed E-state index contributed by atoms with van der Waals surface area (Å²) in [7, 11) is -4.37. The highest BCUT2D eigenvalue weighted by Crippen LogP contribution is 2.21. The van der Waals surface area contributed by atoms with Crippen LogP contribution < -0.4 is 5.32 Å². The van der Waals surface area contributed by atoms with Gasteiger partial charge in [0.05, 0.1) is 9.37 Å². The highest BCUT2D eigenvalue weighted by Gasteiger charge is 2.36. The topological polar surface area (TPSA) is 112 Å². The van der Waals surface area contributed by atoms with Crippen molar-refractivity contribution >= 4 is 49.6 Å². The van der Waals surface area contributed by atoms with Gasteiger partial charge in [0.2, 0.25) is 5.96 Å². The van der Waals surface area contributed by atoms with Gasteiger partial charge in [-0.3, -0.25) is 5.41 Å². The number of nitrogens with one attached hydrogen (secondary N) is 2. The Bertz CT molecular complexity index is 1010. The van der Waals surface area contributed by atoms with Crippen molar-refractivity contribution in [1.29, 1.82) is 5.41 Å². The van der Waals surface area contributed by atoms with Gasteiger partial charge in [-0.25, -0.2) is 18.2 Å². The van der Waals surface area contributed by atoms with E-state index in [1.54, 1.807) is 32.9 Å². The van der Waals surface area contributed by atoms with Crippen molar-refractivity contribution in [3.63, 3.8) is 0 Å². The van der Waals surface area contributed by atoms with Crippen LogP contribution in [0.2, 0.25) is 5.15 Å². The molecule has 2 N–H and O–H groups in total. The molecule has 0 bridgehead atoms. The molecule has 2 aromatic rings. The number of carbonyl (C=O) groups is 1. The van der Waals surface area contributed by atoms with Crippen LogP contribution >= 0.6 is 27.5 Å². The van der Waals surface area contributed by atoms with Crippen LogP contribution in [-0.4, -0.2) is 35.4 Å². The minimum atomic E-state index is -4.37. The van der Waals surface area contributed by atoms with Crippen molar-refractivity contribution in [2.45, 2.75) is 37.8 Å². The summed E-state index contributed by atoms with van der Waals surface area (Å²) in [5.74, 6) is -0.658. The van der Waals surface area contributed by atoms with Crippen LogP contribution in [0.1, 0.15) is 26.3 Å². The first-order valence-electron chi connectivity index (χ1n) is 8.37. The molecule has 0 spiro atoms. The third-order valence-electron chi connectivity index (χ3n) is 3.36. The number of nitrogens with zero attached hydrogens (tertiary/aromatic N) is 2. The van der Waals surface area contributed by atoms with Crippen LogP contribution in [0, 0.1) is 5.41 Å². The average Bonchev–Trinajstić information content (AvgIpc) is 2.62. The largest absolute Gasteiger partial charge is 0.443 e. The number of sulfonamides is 1. The molecule has 0 radical (unpaired) electrons. The van der Waals surface area contributed by atoms with E-state index < -0.39 is 27.7 Å². The number of amides is 1. The van der Waals surface area contributed by atoms with Crippen LogP contribution in [-0.2, 0) is 21.3 Å². The third-order valence-corrected chi connectivity index (χ3v) is 6.17. The lowest BCUT2D eigenvalue weighted by atomic mass is 10.2. The molecule has 0 saturated heterocycles. The monoisotopic (exact) mass is 502 g/mol. The zero-order chi connectivity index (χ0) is 21.8. The molecule has 0 aliphatic carbocycles. The molecule has 1 aromatic heterocycles. The van der Waals surface area contributed by atoms with Crippen molar-refractivity contribution < 1.29 is 17.9 Å². The molecule has 2 rings (SSSR count). The van der Waals surface area contributed by atoms with Crippen molar-refractivity contribution in [1.82, 2.24) is 14.6 Å². The lowest BCUT2D eigenvalue weighted by molar-refractivity contribution is 0.0460. The van der Waals surface area contributed by atoms with E-state index in [-0.39, 0.29) is 16.6 Å². The van der Waals surface area contributed by atoms with E-state index in [0.29, 0.717) is 14.3 Å². The highest BCUT2D eigenvalue weighted by atomic mass is 79.9. The Kier molecular flexibility index (Phi) is 7.25. The van der Waals surface area contributed by atoms with Crippen LogP contribution in [0.15, 0.2) is 52.0 Å². The van der Waals surface area contributed by atoms with Gasteiger partial charge in [0.25, 0.3) is 10.0 Å². The maximum atomic E-state index is 13.0. The van der Waals surface area contributed by atoms with Crippen LogP contribution in [0.4, 0.5) is 4.79 Å². The predicted molar refractivity (Wildman–Crippen MR) is 113 cm³/mol. The SMILES string of the molecule is CC(C)(C)OC(=O)N(C(=N)NCc1cnc(Cl)c(Br)c1)S(=O)(=O)c1ccccc1. The van der Waals surface area contributed by atoms with Crippen molar-refractivity contribution in [3.8, 4) is 0 Å². The third kappa shape index (κ3) is 6.15. The van der Waals surface area contributed by atoms with Gasteiger partial charge in [-0.1, -0.05) is 29.8 Å². The molecule has 156 valence electrons. The number of hydrogen-bond donors (Lipinski definition) is 2. The molecule has 0 aliphatic heterocycles. The minimum Gasteiger partial charge on any atom is -0.443 e. The second-order valence-corrected chi connectivity index (χ2v) is 9.88. The Balaban J connectivity index is 2.32. The first-order chi connectivity index (χ1) is 13.4. The number of hydrogen-bond acceptors (Lipinski definition) is 6. The van der Waals surface area contributed by atoms with E-state index in [1.807, 2.05) is 0 Å². The first-order valence-corrected chi connectivity index (χ1v) is 11.0. The van der Waals surface area contributed by atoms with Crippen molar-refractivity contribution in [2.24, 2.45) is 0 Å². The molecule has 0 aliphatic rings. The fourth-order valence-electron chi connectivity index (χ4n) is 2.13. The molecule has 0 fully saturated rings. The molecule has 29 heavy (non-hydrogen) atoms. The van der Waals surface area contributed by atoms with E-state index in [9.17, 15) is 13.2 Å². The number of halogens is 2. The van der Waals surface area contributed by atoms with E-state index >= 15 is 0 Å². The van der Waals surface area contributed by atoms with Crippen LogP contribution in [0.3, 0.4) is 0 Å². The Morgan fingerprint density at radius 1 is 1.31 bits per heavy atom. The summed E-state index contributed by atoms with van der Waals surface area (Å²) in [4.78, 5) is 16.5. The number of aromatic nitrogens is 1. The van der Waals surface area contributed by atoms with Gasteiger partial charge in [-0.15, -0.1) is 4.31 Å². The smallest absolute Gasteiger partial charge is 0.431 e. The molecular formula is C18H20BrClN4O4S. The molecule has 0 unspecified atom stereocenters. The summed E-state index contributed by atoms with van der Waals surface area (Å²) in [5, 5.41) is 11.1. The Hall–Kier alpha value is -2.17. The zero-order valence-electron chi connectivity index (χ0n) is 15.9. The normalized spacial score (nSPS) is 11.6. The van der Waals surface area contributed by atoms with Crippen LogP contribution in [0.5, 0.6) is 0 Å². The fraction of sp³-hybridized carbons (Fsp3) is 0.278. The van der Waals surface area contributed by atoms with Gasteiger partial charge in [0, 0.05) is 12.7 Å². The first kappa shape index (κ1) is 23.1. The Labute approximate surface area is 182 Å². The number of pyridine rings is 1. The molecule has 11 heteroatoms. The zero-order valence-corrected chi connectivity index (χ0v) is 19.1. The fourth-order valence-corrected chi connectivity index (χ4v) is 3.88. The molecular weight excluding hydrogens is 484 g/mol. The Morgan fingerprint density at radius 2 is 1.93 bits per heavy atom. The maximum Gasteiger partial charge on any atom is 0.431 e. The number of rotatable bonds is 4. The van der Waals surface area contributed by atoms with E-state index in [0.717, 1.165) is 0 Å². The summed E-state index contributed by atoms with van der Waals surface area (Å²) >= 11 is 9.10. The van der Waals surface area contributed by atoms with Gasteiger partial charge in [-0.2, -0.15) is 0 Å². The number of carbonyl (C=O) groups excluding carboxylic acids is 1. The Morgan fingerprint density at radius 3 is 2.48 bits per heavy atom. The average molecular weight is 504 g/mol. The molecule has 0 saturated carbocycles.